The average molecular weight is 578 g/mol. The van der Waals surface area contributed by atoms with Crippen LogP contribution in [-0.4, -0.2) is 91.9 Å². The number of fused-ring (bicyclic) bond motifs is 2. The monoisotopic (exact) mass is 577 g/mol. The van der Waals surface area contributed by atoms with Gasteiger partial charge in [0.05, 0.1) is 25.2 Å². The van der Waals surface area contributed by atoms with Crippen molar-refractivity contribution >= 4 is 51.6 Å². The van der Waals surface area contributed by atoms with Gasteiger partial charge >= 0.3 is 0 Å². The molecule has 1 aromatic carbocycles. The number of nitrogens with zero attached hydrogens (tertiary/aromatic N) is 8. The Morgan fingerprint density at radius 1 is 0.951 bits per heavy atom. The van der Waals surface area contributed by atoms with E-state index in [4.69, 9.17) is 16.2 Å². The van der Waals surface area contributed by atoms with Gasteiger partial charge in [0, 0.05) is 6.54 Å². The quantitative estimate of drug-likeness (QED) is 0.141. The van der Waals surface area contributed by atoms with Crippen LogP contribution in [0.15, 0.2) is 54.5 Å². The highest BCUT2D eigenvalue weighted by Crippen LogP contribution is 2.27. The summed E-state index contributed by atoms with van der Waals surface area (Å²) in [6, 6.07) is 9.81. The normalized spacial score (nSPS) is 20.6. The number of thioether (sulfide) groups is 1. The van der Waals surface area contributed by atoms with Crippen molar-refractivity contribution in [2.45, 2.75) is 42.7 Å². The second-order valence-electron chi connectivity index (χ2n) is 9.51. The zero-order chi connectivity index (χ0) is 28.5. The van der Waals surface area contributed by atoms with E-state index in [1.165, 1.54) is 30.7 Å². The van der Waals surface area contributed by atoms with E-state index in [0.29, 0.717) is 34.0 Å². The number of benzene rings is 1. The zero-order valence-corrected chi connectivity index (χ0v) is 22.4. The lowest BCUT2D eigenvalue weighted by Gasteiger charge is -2.16. The predicted molar refractivity (Wildman–Crippen MR) is 149 cm³/mol. The molecule has 41 heavy (non-hydrogen) atoms. The maximum Gasteiger partial charge on any atom is 0.230 e. The lowest BCUT2D eigenvalue weighted by Crippen LogP contribution is -2.40. The summed E-state index contributed by atoms with van der Waals surface area (Å²) < 4.78 is 9.46. The number of nitrogen functional groups attached to an aromatic ring is 2. The Morgan fingerprint density at radius 2 is 1.66 bits per heavy atom. The number of carbonyl (C=O) groups excluding carboxylic acids is 1. The highest BCUT2D eigenvalue weighted by atomic mass is 32.2. The molecule has 0 bridgehead atoms. The summed E-state index contributed by atoms with van der Waals surface area (Å²) in [6.07, 6.45) is 0.303. The van der Waals surface area contributed by atoms with Crippen LogP contribution >= 0.6 is 11.8 Å². The number of imidazole rings is 2. The van der Waals surface area contributed by atoms with Crippen LogP contribution in [0.3, 0.4) is 0 Å². The molecular formula is C25H27N11O4S. The highest BCUT2D eigenvalue weighted by molar-refractivity contribution is 7.99. The summed E-state index contributed by atoms with van der Waals surface area (Å²) in [5, 5.41) is 24.5. The van der Waals surface area contributed by atoms with Gasteiger partial charge in [-0.1, -0.05) is 42.1 Å². The summed E-state index contributed by atoms with van der Waals surface area (Å²) in [4.78, 5) is 38.1. The number of amides is 1. The standard InChI is InChI=1S/C25H27N11O4S/c26-21-17-23(31-10-29-21)35(12-33-17)8-15-20(39)19(38)14(40-15)6-28-16(37)9-41-25-34-18-22(27)30-11-32-24(18)36(25)7-13-4-2-1-3-5-13/h1-5,10-12,14-15,19-20,38-39H,6-9H2,(H,28,37)(H2,26,29,31)(H2,27,30,32). The number of aromatic nitrogens is 8. The van der Waals surface area contributed by atoms with Crippen molar-refractivity contribution in [2.75, 3.05) is 23.8 Å². The SMILES string of the molecule is Nc1ncnc2c1ncn2CC1OC(CNC(=O)CSc2nc3c(N)ncnc3n2Cc2ccccc2)C(O)C1O. The molecule has 0 radical (unpaired) electrons. The number of hydrogen-bond donors (Lipinski definition) is 5. The Hall–Kier alpha value is -4.38. The van der Waals surface area contributed by atoms with Gasteiger partial charge in [0.25, 0.3) is 0 Å². The first-order chi connectivity index (χ1) is 19.9. The maximum atomic E-state index is 12.8. The van der Waals surface area contributed by atoms with Crippen molar-refractivity contribution in [3.63, 3.8) is 0 Å². The molecular weight excluding hydrogens is 550 g/mol. The molecule has 1 saturated heterocycles. The Morgan fingerprint density at radius 3 is 2.44 bits per heavy atom. The van der Waals surface area contributed by atoms with Crippen LogP contribution < -0.4 is 16.8 Å². The van der Waals surface area contributed by atoms with E-state index >= 15 is 0 Å². The van der Waals surface area contributed by atoms with Crippen LogP contribution in [0.25, 0.3) is 22.3 Å². The van der Waals surface area contributed by atoms with Crippen LogP contribution in [0.5, 0.6) is 0 Å². The van der Waals surface area contributed by atoms with E-state index in [0.717, 1.165) is 5.56 Å². The van der Waals surface area contributed by atoms with Gasteiger partial charge in [-0.25, -0.2) is 29.9 Å². The first kappa shape index (κ1) is 26.8. The lowest BCUT2D eigenvalue weighted by atomic mass is 10.1. The third-order valence-electron chi connectivity index (χ3n) is 6.81. The number of nitrogens with two attached hydrogens (primary N) is 2. The predicted octanol–water partition coefficient (Wildman–Crippen LogP) is -0.424. The molecule has 1 aliphatic heterocycles. The number of hydrogen-bond acceptors (Lipinski definition) is 13. The largest absolute Gasteiger partial charge is 0.388 e. The summed E-state index contributed by atoms with van der Waals surface area (Å²) in [7, 11) is 0. The van der Waals surface area contributed by atoms with E-state index in [-0.39, 0.29) is 36.4 Å². The summed E-state index contributed by atoms with van der Waals surface area (Å²) in [6.45, 7) is 0.672. The van der Waals surface area contributed by atoms with Crippen molar-refractivity contribution in [3.05, 3.63) is 54.9 Å². The fourth-order valence-corrected chi connectivity index (χ4v) is 5.54. The molecule has 212 valence electrons. The second kappa shape index (κ2) is 11.2. The molecule has 15 nitrogen and oxygen atoms in total. The first-order valence-electron chi connectivity index (χ1n) is 12.7. The van der Waals surface area contributed by atoms with Crippen molar-refractivity contribution < 1.29 is 19.7 Å². The van der Waals surface area contributed by atoms with Crippen LogP contribution in [-0.2, 0) is 22.6 Å². The average Bonchev–Trinajstić information content (AvgIpc) is 3.63. The summed E-state index contributed by atoms with van der Waals surface area (Å²) in [5.41, 5.74) is 14.9. The van der Waals surface area contributed by atoms with Crippen LogP contribution in [0.1, 0.15) is 5.56 Å². The number of nitrogens with one attached hydrogen (secondary N) is 1. The number of aliphatic hydroxyl groups excluding tert-OH is 2. The Bertz CT molecular complexity index is 1700. The Labute approximate surface area is 237 Å². The van der Waals surface area contributed by atoms with Gasteiger partial charge in [0.1, 0.15) is 42.6 Å². The topological polar surface area (TPSA) is 218 Å². The van der Waals surface area contributed by atoms with Gasteiger partial charge in [0.15, 0.2) is 33.6 Å². The molecule has 4 aromatic heterocycles. The molecule has 0 aliphatic carbocycles. The number of anilines is 2. The van der Waals surface area contributed by atoms with E-state index in [2.05, 4.69) is 35.2 Å². The molecule has 5 aromatic rings. The summed E-state index contributed by atoms with van der Waals surface area (Å²) in [5.74, 6) is 0.247. The molecule has 16 heteroatoms. The zero-order valence-electron chi connectivity index (χ0n) is 21.6. The minimum atomic E-state index is -1.20. The Kier molecular flexibility index (Phi) is 7.36. The fourth-order valence-electron chi connectivity index (χ4n) is 4.72. The maximum absolute atomic E-state index is 12.8. The van der Waals surface area contributed by atoms with Gasteiger partial charge in [-0.3, -0.25) is 9.36 Å². The van der Waals surface area contributed by atoms with Gasteiger partial charge in [-0.2, -0.15) is 0 Å². The van der Waals surface area contributed by atoms with E-state index < -0.39 is 24.4 Å². The third-order valence-corrected chi connectivity index (χ3v) is 7.79. The molecule has 1 aliphatic rings. The highest BCUT2D eigenvalue weighted by Gasteiger charge is 2.42. The number of rotatable bonds is 9. The minimum absolute atomic E-state index is 0.00672. The van der Waals surface area contributed by atoms with Crippen molar-refractivity contribution in [1.29, 1.82) is 0 Å². The second-order valence-corrected chi connectivity index (χ2v) is 10.5. The Balaban J connectivity index is 1.08. The van der Waals surface area contributed by atoms with E-state index in [1.54, 1.807) is 4.57 Å². The molecule has 1 amide bonds. The minimum Gasteiger partial charge on any atom is -0.388 e. The van der Waals surface area contributed by atoms with Crippen molar-refractivity contribution in [2.24, 2.45) is 0 Å². The molecule has 7 N–H and O–H groups in total. The van der Waals surface area contributed by atoms with Gasteiger partial charge in [0.2, 0.25) is 5.91 Å². The third kappa shape index (κ3) is 5.37. The lowest BCUT2D eigenvalue weighted by molar-refractivity contribution is -0.119. The van der Waals surface area contributed by atoms with Crippen LogP contribution in [0.4, 0.5) is 11.6 Å². The number of aliphatic hydroxyl groups is 2. The molecule has 4 unspecified atom stereocenters. The van der Waals surface area contributed by atoms with Gasteiger partial charge < -0.3 is 36.3 Å². The number of carbonyl (C=O) groups is 1. The fraction of sp³-hybridized carbons (Fsp3) is 0.320. The van der Waals surface area contributed by atoms with Crippen LogP contribution in [0, 0.1) is 0 Å². The molecule has 5 heterocycles. The van der Waals surface area contributed by atoms with E-state index in [1.807, 2.05) is 34.9 Å². The molecule has 4 atom stereocenters. The molecule has 1 fully saturated rings. The van der Waals surface area contributed by atoms with Crippen LogP contribution in [0.2, 0.25) is 0 Å². The van der Waals surface area contributed by atoms with Crippen molar-refractivity contribution in [1.82, 2.24) is 44.4 Å². The van der Waals surface area contributed by atoms with Gasteiger partial charge in [-0.15, -0.1) is 0 Å². The smallest absolute Gasteiger partial charge is 0.230 e. The molecule has 0 saturated carbocycles. The molecule has 0 spiro atoms. The number of ether oxygens (including phenoxy) is 1. The first-order valence-corrected chi connectivity index (χ1v) is 13.7. The van der Waals surface area contributed by atoms with E-state index in [9.17, 15) is 15.0 Å². The van der Waals surface area contributed by atoms with Gasteiger partial charge in [-0.05, 0) is 5.56 Å². The van der Waals surface area contributed by atoms with Crippen molar-refractivity contribution in [3.8, 4) is 0 Å². The molecule has 6 rings (SSSR count). The summed E-state index contributed by atoms with van der Waals surface area (Å²) >= 11 is 1.23.